The van der Waals surface area contributed by atoms with Crippen LogP contribution in [-0.4, -0.2) is 42.4 Å². The summed E-state index contributed by atoms with van der Waals surface area (Å²) in [5.41, 5.74) is 2.23. The Hall–Kier alpha value is -3.35. The summed E-state index contributed by atoms with van der Waals surface area (Å²) in [6, 6.07) is 14.2. The third-order valence-corrected chi connectivity index (χ3v) is 5.01. The minimum atomic E-state index is -0.919. The zero-order valence-electron chi connectivity index (χ0n) is 17.2. The first-order valence-electron chi connectivity index (χ1n) is 9.94. The van der Waals surface area contributed by atoms with Crippen molar-refractivity contribution in [2.24, 2.45) is 0 Å². The van der Waals surface area contributed by atoms with E-state index in [2.05, 4.69) is 5.32 Å². The van der Waals surface area contributed by atoms with E-state index in [0.717, 1.165) is 29.8 Å². The number of benzene rings is 2. The van der Waals surface area contributed by atoms with Crippen molar-refractivity contribution < 1.29 is 23.9 Å². The molecule has 0 saturated carbocycles. The number of esters is 1. The highest BCUT2D eigenvalue weighted by molar-refractivity contribution is 5.92. The number of methoxy groups -OCH3 is 1. The Morgan fingerprint density at radius 3 is 2.33 bits per heavy atom. The van der Waals surface area contributed by atoms with Gasteiger partial charge in [-0.2, -0.15) is 0 Å². The molecule has 1 saturated heterocycles. The second-order valence-electron chi connectivity index (χ2n) is 7.23. The lowest BCUT2D eigenvalue weighted by Gasteiger charge is -2.16. The van der Waals surface area contributed by atoms with Gasteiger partial charge in [0.1, 0.15) is 5.75 Å². The molecule has 0 radical (unpaired) electrons. The van der Waals surface area contributed by atoms with Crippen LogP contribution in [0.25, 0.3) is 0 Å². The van der Waals surface area contributed by atoms with Gasteiger partial charge < -0.3 is 19.7 Å². The predicted octanol–water partition coefficient (Wildman–Crippen LogP) is 2.68. The fraction of sp³-hybridized carbons (Fsp3) is 0.348. The molecular weight excluding hydrogens is 384 g/mol. The molecule has 158 valence electrons. The number of hydrogen-bond acceptors (Lipinski definition) is 5. The van der Waals surface area contributed by atoms with Gasteiger partial charge in [-0.1, -0.05) is 24.3 Å². The number of likely N-dealkylation sites (tertiary alicyclic amines) is 1. The van der Waals surface area contributed by atoms with E-state index in [1.54, 1.807) is 31.4 Å². The van der Waals surface area contributed by atoms with E-state index in [0.29, 0.717) is 25.1 Å². The molecule has 1 atom stereocenters. The lowest BCUT2D eigenvalue weighted by molar-refractivity contribution is -0.129. The van der Waals surface area contributed by atoms with E-state index >= 15 is 0 Å². The minimum Gasteiger partial charge on any atom is -0.497 e. The van der Waals surface area contributed by atoms with Crippen molar-refractivity contribution in [2.75, 3.05) is 13.7 Å². The highest BCUT2D eigenvalue weighted by Crippen LogP contribution is 2.15. The van der Waals surface area contributed by atoms with Gasteiger partial charge in [0, 0.05) is 26.1 Å². The van der Waals surface area contributed by atoms with Crippen LogP contribution in [0.4, 0.5) is 0 Å². The summed E-state index contributed by atoms with van der Waals surface area (Å²) in [5.74, 6) is -0.0346. The number of hydrogen-bond donors (Lipinski definition) is 1. The summed E-state index contributed by atoms with van der Waals surface area (Å²) in [5, 5.41) is 2.75. The lowest BCUT2D eigenvalue weighted by Crippen LogP contribution is -2.35. The fourth-order valence-corrected chi connectivity index (χ4v) is 3.20. The fourth-order valence-electron chi connectivity index (χ4n) is 3.20. The number of rotatable bonds is 8. The summed E-state index contributed by atoms with van der Waals surface area (Å²) in [7, 11) is 1.59. The van der Waals surface area contributed by atoms with E-state index in [4.69, 9.17) is 9.47 Å². The van der Waals surface area contributed by atoms with E-state index in [1.807, 2.05) is 29.2 Å². The molecule has 1 fully saturated rings. The van der Waals surface area contributed by atoms with Gasteiger partial charge in [0.25, 0.3) is 5.91 Å². The molecule has 1 N–H and O–H groups in total. The normalized spacial score (nSPS) is 14.3. The number of nitrogens with one attached hydrogen (secondary N) is 1. The second-order valence-corrected chi connectivity index (χ2v) is 7.23. The van der Waals surface area contributed by atoms with Crippen molar-refractivity contribution in [1.82, 2.24) is 10.2 Å². The van der Waals surface area contributed by atoms with Crippen LogP contribution in [0.3, 0.4) is 0 Å². The largest absolute Gasteiger partial charge is 0.497 e. The van der Waals surface area contributed by atoms with Crippen LogP contribution in [-0.2, 0) is 27.4 Å². The highest BCUT2D eigenvalue weighted by atomic mass is 16.5. The van der Waals surface area contributed by atoms with Crippen LogP contribution in [0.2, 0.25) is 0 Å². The molecule has 3 rings (SSSR count). The summed E-state index contributed by atoms with van der Waals surface area (Å²) < 4.78 is 10.4. The Labute approximate surface area is 176 Å². The van der Waals surface area contributed by atoms with Crippen LogP contribution in [0.15, 0.2) is 48.5 Å². The molecule has 0 aliphatic carbocycles. The first-order chi connectivity index (χ1) is 14.5. The molecular formula is C23H26N2O5. The summed E-state index contributed by atoms with van der Waals surface area (Å²) in [4.78, 5) is 38.1. The van der Waals surface area contributed by atoms with E-state index < -0.39 is 12.1 Å². The Morgan fingerprint density at radius 2 is 1.73 bits per heavy atom. The number of nitrogens with zero attached hydrogens (tertiary/aromatic N) is 1. The molecule has 1 aliphatic heterocycles. The summed E-state index contributed by atoms with van der Waals surface area (Å²) in [6.07, 6.45) is 0.572. The summed E-state index contributed by atoms with van der Waals surface area (Å²) in [6.45, 7) is 3.17. The SMILES string of the molecule is COc1ccc(CNC(=O)[C@@H](C)OC(=O)c2ccc(CN3CCCC3=O)cc2)cc1. The minimum absolute atomic E-state index is 0.160. The third-order valence-electron chi connectivity index (χ3n) is 5.01. The third kappa shape index (κ3) is 5.59. The molecule has 30 heavy (non-hydrogen) atoms. The van der Waals surface area contributed by atoms with Crippen LogP contribution >= 0.6 is 0 Å². The highest BCUT2D eigenvalue weighted by Gasteiger charge is 2.21. The molecule has 0 bridgehead atoms. The molecule has 1 heterocycles. The van der Waals surface area contributed by atoms with Gasteiger partial charge in [-0.15, -0.1) is 0 Å². The Morgan fingerprint density at radius 1 is 1.07 bits per heavy atom. The molecule has 0 spiro atoms. The maximum Gasteiger partial charge on any atom is 0.338 e. The average Bonchev–Trinajstić information content (AvgIpc) is 3.17. The maximum atomic E-state index is 12.3. The Bertz CT molecular complexity index is 893. The lowest BCUT2D eigenvalue weighted by atomic mass is 10.1. The standard InChI is InChI=1S/C23H26N2O5/c1-16(22(27)24-14-17-7-11-20(29-2)12-8-17)30-23(28)19-9-5-18(6-10-19)15-25-13-3-4-21(25)26/h5-12,16H,3-4,13-15H2,1-2H3,(H,24,27)/t16-/m1/s1. The van der Waals surface area contributed by atoms with Gasteiger partial charge in [0.2, 0.25) is 5.91 Å². The molecule has 7 nitrogen and oxygen atoms in total. The van der Waals surface area contributed by atoms with Crippen LogP contribution in [0.1, 0.15) is 41.3 Å². The number of carbonyl (C=O) groups excluding carboxylic acids is 3. The van der Waals surface area contributed by atoms with Crippen molar-refractivity contribution in [3.8, 4) is 5.75 Å². The van der Waals surface area contributed by atoms with Crippen molar-refractivity contribution in [2.45, 2.75) is 39.0 Å². The van der Waals surface area contributed by atoms with E-state index in [-0.39, 0.29) is 11.8 Å². The molecule has 7 heteroatoms. The monoisotopic (exact) mass is 410 g/mol. The molecule has 2 amide bonds. The van der Waals surface area contributed by atoms with E-state index in [9.17, 15) is 14.4 Å². The van der Waals surface area contributed by atoms with Crippen molar-refractivity contribution >= 4 is 17.8 Å². The van der Waals surface area contributed by atoms with Gasteiger partial charge in [-0.25, -0.2) is 4.79 Å². The van der Waals surface area contributed by atoms with Crippen molar-refractivity contribution in [1.29, 1.82) is 0 Å². The summed E-state index contributed by atoms with van der Waals surface area (Å²) >= 11 is 0. The molecule has 0 aromatic heterocycles. The van der Waals surface area contributed by atoms with Crippen LogP contribution in [0, 0.1) is 0 Å². The number of ether oxygens (including phenoxy) is 2. The quantitative estimate of drug-likeness (QED) is 0.677. The first kappa shape index (κ1) is 21.4. The van der Waals surface area contributed by atoms with Gasteiger partial charge in [0.05, 0.1) is 12.7 Å². The zero-order chi connectivity index (χ0) is 21.5. The molecule has 2 aromatic rings. The Balaban J connectivity index is 1.47. The zero-order valence-corrected chi connectivity index (χ0v) is 17.2. The first-order valence-corrected chi connectivity index (χ1v) is 9.94. The van der Waals surface area contributed by atoms with Gasteiger partial charge in [-0.3, -0.25) is 9.59 Å². The predicted molar refractivity (Wildman–Crippen MR) is 111 cm³/mol. The number of carbonyl (C=O) groups is 3. The average molecular weight is 410 g/mol. The topological polar surface area (TPSA) is 84.9 Å². The molecule has 0 unspecified atom stereocenters. The molecule has 2 aromatic carbocycles. The number of amides is 2. The van der Waals surface area contributed by atoms with Gasteiger partial charge in [-0.05, 0) is 48.7 Å². The second kappa shape index (κ2) is 9.91. The van der Waals surface area contributed by atoms with Gasteiger partial charge in [0.15, 0.2) is 6.10 Å². The van der Waals surface area contributed by atoms with Gasteiger partial charge >= 0.3 is 5.97 Å². The van der Waals surface area contributed by atoms with Crippen LogP contribution < -0.4 is 10.1 Å². The van der Waals surface area contributed by atoms with E-state index in [1.165, 1.54) is 6.92 Å². The Kier molecular flexibility index (Phi) is 7.06. The van der Waals surface area contributed by atoms with Crippen molar-refractivity contribution in [3.63, 3.8) is 0 Å². The van der Waals surface area contributed by atoms with Crippen LogP contribution in [0.5, 0.6) is 5.75 Å². The van der Waals surface area contributed by atoms with Crippen molar-refractivity contribution in [3.05, 3.63) is 65.2 Å². The smallest absolute Gasteiger partial charge is 0.338 e. The molecule has 1 aliphatic rings. The maximum absolute atomic E-state index is 12.3.